The van der Waals surface area contributed by atoms with Gasteiger partial charge in [0.2, 0.25) is 10.0 Å². The number of halogens is 1. The minimum absolute atomic E-state index is 0.276. The molecule has 0 radical (unpaired) electrons. The summed E-state index contributed by atoms with van der Waals surface area (Å²) in [6.07, 6.45) is 0.824. The molecule has 0 spiro atoms. The normalized spacial score (nSPS) is 18.3. The molecule has 4 nitrogen and oxygen atoms in total. The third-order valence-corrected chi connectivity index (χ3v) is 6.94. The van der Waals surface area contributed by atoms with Crippen molar-refractivity contribution in [2.45, 2.75) is 24.1 Å². The zero-order valence-corrected chi connectivity index (χ0v) is 13.7. The van der Waals surface area contributed by atoms with E-state index in [1.165, 1.54) is 4.31 Å². The van der Waals surface area contributed by atoms with Crippen LogP contribution in [0.5, 0.6) is 0 Å². The Morgan fingerprint density at radius 3 is 2.45 bits per heavy atom. The SMILES string of the molecule is CCc1ccc(S(=O)(=O)N2CCS(=O)CC2)cc1CCl. The average molecular weight is 336 g/mol. The maximum Gasteiger partial charge on any atom is 0.243 e. The smallest absolute Gasteiger partial charge is 0.243 e. The van der Waals surface area contributed by atoms with Crippen LogP contribution >= 0.6 is 11.6 Å². The van der Waals surface area contributed by atoms with Gasteiger partial charge in [-0.1, -0.05) is 13.0 Å². The van der Waals surface area contributed by atoms with Gasteiger partial charge in [0.1, 0.15) is 0 Å². The second kappa shape index (κ2) is 6.56. The topological polar surface area (TPSA) is 54.5 Å². The molecule has 0 aliphatic carbocycles. The predicted molar refractivity (Wildman–Crippen MR) is 82.0 cm³/mol. The number of sulfonamides is 1. The highest BCUT2D eigenvalue weighted by atomic mass is 35.5. The molecule has 0 aromatic heterocycles. The van der Waals surface area contributed by atoms with Crippen LogP contribution in [0.2, 0.25) is 0 Å². The molecule has 1 aromatic rings. The molecule has 112 valence electrons. The van der Waals surface area contributed by atoms with Crippen molar-refractivity contribution < 1.29 is 12.6 Å². The largest absolute Gasteiger partial charge is 0.259 e. The number of aryl methyl sites for hydroxylation is 1. The Kier molecular flexibility index (Phi) is 5.23. The molecule has 1 aromatic carbocycles. The van der Waals surface area contributed by atoms with Crippen LogP contribution in [0.3, 0.4) is 0 Å². The van der Waals surface area contributed by atoms with E-state index in [0.717, 1.165) is 17.5 Å². The Morgan fingerprint density at radius 2 is 1.90 bits per heavy atom. The van der Waals surface area contributed by atoms with E-state index in [4.69, 9.17) is 11.6 Å². The van der Waals surface area contributed by atoms with Crippen LogP contribution in [0.15, 0.2) is 23.1 Å². The van der Waals surface area contributed by atoms with Gasteiger partial charge in [0.15, 0.2) is 0 Å². The van der Waals surface area contributed by atoms with Crippen molar-refractivity contribution in [3.05, 3.63) is 29.3 Å². The highest BCUT2D eigenvalue weighted by Crippen LogP contribution is 2.22. The van der Waals surface area contributed by atoms with E-state index >= 15 is 0 Å². The van der Waals surface area contributed by atoms with Gasteiger partial charge in [-0.25, -0.2) is 8.42 Å². The summed E-state index contributed by atoms with van der Waals surface area (Å²) < 4.78 is 37.8. The van der Waals surface area contributed by atoms with Gasteiger partial charge in [-0.2, -0.15) is 4.31 Å². The van der Waals surface area contributed by atoms with Crippen LogP contribution in [0.4, 0.5) is 0 Å². The lowest BCUT2D eigenvalue weighted by molar-refractivity contribution is 0.438. The summed E-state index contributed by atoms with van der Waals surface area (Å²) in [5, 5.41) is 0. The van der Waals surface area contributed by atoms with E-state index in [0.29, 0.717) is 30.5 Å². The molecule has 1 heterocycles. The molecule has 1 saturated heterocycles. The maximum atomic E-state index is 12.5. The highest BCUT2D eigenvalue weighted by Gasteiger charge is 2.28. The van der Waals surface area contributed by atoms with E-state index in [1.54, 1.807) is 12.1 Å². The van der Waals surface area contributed by atoms with E-state index in [9.17, 15) is 12.6 Å². The van der Waals surface area contributed by atoms with E-state index in [-0.39, 0.29) is 4.90 Å². The fourth-order valence-corrected chi connectivity index (χ4v) is 5.27. The van der Waals surface area contributed by atoms with Crippen LogP contribution in [-0.2, 0) is 33.1 Å². The second-order valence-electron chi connectivity index (χ2n) is 4.67. The molecular formula is C13H18ClNO3S2. The van der Waals surface area contributed by atoms with Crippen molar-refractivity contribution in [2.75, 3.05) is 24.6 Å². The van der Waals surface area contributed by atoms with E-state index in [1.807, 2.05) is 13.0 Å². The lowest BCUT2D eigenvalue weighted by atomic mass is 10.1. The number of nitrogens with zero attached hydrogens (tertiary/aromatic N) is 1. The number of hydrogen-bond donors (Lipinski definition) is 0. The van der Waals surface area contributed by atoms with Gasteiger partial charge in [-0.05, 0) is 29.7 Å². The minimum atomic E-state index is -3.50. The Morgan fingerprint density at radius 1 is 1.25 bits per heavy atom. The molecule has 0 N–H and O–H groups in total. The maximum absolute atomic E-state index is 12.5. The summed E-state index contributed by atoms with van der Waals surface area (Å²) in [5.41, 5.74) is 1.93. The summed E-state index contributed by atoms with van der Waals surface area (Å²) in [7, 11) is -4.39. The third-order valence-electron chi connectivity index (χ3n) is 3.48. The number of alkyl halides is 1. The Bertz CT molecular complexity index is 606. The van der Waals surface area contributed by atoms with Gasteiger partial charge in [0, 0.05) is 41.3 Å². The highest BCUT2D eigenvalue weighted by molar-refractivity contribution is 7.89. The molecule has 1 fully saturated rings. The minimum Gasteiger partial charge on any atom is -0.259 e. The molecule has 2 rings (SSSR count). The van der Waals surface area contributed by atoms with Gasteiger partial charge in [-0.15, -0.1) is 11.6 Å². The van der Waals surface area contributed by atoms with Gasteiger partial charge in [-0.3, -0.25) is 4.21 Å². The van der Waals surface area contributed by atoms with Crippen LogP contribution in [0.1, 0.15) is 18.1 Å². The Hall–Kier alpha value is -0.430. The summed E-state index contributed by atoms with van der Waals surface area (Å²) in [4.78, 5) is 0.276. The zero-order valence-electron chi connectivity index (χ0n) is 11.3. The van der Waals surface area contributed by atoms with Gasteiger partial charge in [0.25, 0.3) is 0 Å². The van der Waals surface area contributed by atoms with Gasteiger partial charge >= 0.3 is 0 Å². The summed E-state index contributed by atoms with van der Waals surface area (Å²) in [5.74, 6) is 1.12. The predicted octanol–water partition coefficient (Wildman–Crippen LogP) is 1.74. The summed E-state index contributed by atoms with van der Waals surface area (Å²) in [6, 6.07) is 5.12. The fourth-order valence-electron chi connectivity index (χ4n) is 2.24. The summed E-state index contributed by atoms with van der Waals surface area (Å²) in [6.45, 7) is 2.65. The van der Waals surface area contributed by atoms with Crippen molar-refractivity contribution in [1.29, 1.82) is 0 Å². The average Bonchev–Trinajstić information content (AvgIpc) is 2.46. The van der Waals surface area contributed by atoms with Gasteiger partial charge in [0.05, 0.1) is 4.90 Å². The second-order valence-corrected chi connectivity index (χ2v) is 8.57. The first-order valence-electron chi connectivity index (χ1n) is 6.52. The molecular weight excluding hydrogens is 318 g/mol. The van der Waals surface area contributed by atoms with Crippen molar-refractivity contribution in [2.24, 2.45) is 0 Å². The van der Waals surface area contributed by atoms with Crippen LogP contribution in [0.25, 0.3) is 0 Å². The molecule has 1 aliphatic heterocycles. The van der Waals surface area contributed by atoms with E-state index in [2.05, 4.69) is 0 Å². The first-order chi connectivity index (χ1) is 9.48. The lowest BCUT2D eigenvalue weighted by Crippen LogP contribution is -2.41. The first-order valence-corrected chi connectivity index (χ1v) is 9.98. The molecule has 0 unspecified atom stereocenters. The Balaban J connectivity index is 2.32. The quantitative estimate of drug-likeness (QED) is 0.788. The standard InChI is InChI=1S/C13H18ClNO3S2/c1-2-11-3-4-13(9-12(11)10-14)20(17,18)15-5-7-19(16)8-6-15/h3-4,9H,2,5-8,10H2,1H3. The van der Waals surface area contributed by atoms with Crippen LogP contribution in [-0.4, -0.2) is 41.5 Å². The first kappa shape index (κ1) is 15.9. The third kappa shape index (κ3) is 3.24. The van der Waals surface area contributed by atoms with Crippen molar-refractivity contribution >= 4 is 32.4 Å². The zero-order chi connectivity index (χ0) is 14.8. The van der Waals surface area contributed by atoms with E-state index < -0.39 is 20.8 Å². The molecule has 7 heteroatoms. The Labute approximate surface area is 127 Å². The van der Waals surface area contributed by atoms with Crippen LogP contribution < -0.4 is 0 Å². The molecule has 0 amide bonds. The molecule has 0 bridgehead atoms. The molecule has 1 aliphatic rings. The van der Waals surface area contributed by atoms with Crippen molar-refractivity contribution in [3.63, 3.8) is 0 Å². The number of rotatable bonds is 4. The van der Waals surface area contributed by atoms with Gasteiger partial charge < -0.3 is 0 Å². The molecule has 20 heavy (non-hydrogen) atoms. The number of benzene rings is 1. The van der Waals surface area contributed by atoms with Crippen molar-refractivity contribution in [3.8, 4) is 0 Å². The van der Waals surface area contributed by atoms with Crippen molar-refractivity contribution in [1.82, 2.24) is 4.31 Å². The molecule has 0 atom stereocenters. The monoisotopic (exact) mass is 335 g/mol. The summed E-state index contributed by atoms with van der Waals surface area (Å²) >= 11 is 5.89. The lowest BCUT2D eigenvalue weighted by Gasteiger charge is -2.25. The molecule has 0 saturated carbocycles. The van der Waals surface area contributed by atoms with Crippen LogP contribution in [0, 0.1) is 0 Å². The fraction of sp³-hybridized carbons (Fsp3) is 0.538. The number of hydrogen-bond acceptors (Lipinski definition) is 3.